The van der Waals surface area contributed by atoms with Crippen molar-refractivity contribution in [2.24, 2.45) is 0 Å². The number of benzene rings is 3. The summed E-state index contributed by atoms with van der Waals surface area (Å²) >= 11 is 0.340. The fourth-order valence-corrected chi connectivity index (χ4v) is 6.64. The van der Waals surface area contributed by atoms with Gasteiger partial charge in [0.05, 0.1) is 0 Å². The summed E-state index contributed by atoms with van der Waals surface area (Å²) in [6.45, 7) is 15.8. The van der Waals surface area contributed by atoms with Crippen LogP contribution in [0.25, 0.3) is 0 Å². The van der Waals surface area contributed by atoms with Crippen LogP contribution in [0.2, 0.25) is 0 Å². The minimum absolute atomic E-state index is 0.156. The topological polar surface area (TPSA) is 3.24 Å². The van der Waals surface area contributed by atoms with Gasteiger partial charge in [-0.1, -0.05) is 0 Å². The van der Waals surface area contributed by atoms with Crippen LogP contribution in [-0.2, 0) is 5.41 Å². The molecule has 0 saturated heterocycles. The van der Waals surface area contributed by atoms with E-state index in [1.807, 2.05) is 0 Å². The fourth-order valence-electron chi connectivity index (χ4n) is 4.01. The van der Waals surface area contributed by atoms with Gasteiger partial charge < -0.3 is 0 Å². The maximum absolute atomic E-state index is 2.51. The monoisotopic (exact) mass is 435 g/mol. The van der Waals surface area contributed by atoms with Crippen molar-refractivity contribution in [1.29, 1.82) is 0 Å². The zero-order chi connectivity index (χ0) is 20.2. The molecule has 2 heteroatoms. The van der Waals surface area contributed by atoms with E-state index >= 15 is 0 Å². The van der Waals surface area contributed by atoms with E-state index in [-0.39, 0.29) is 5.41 Å². The Morgan fingerprint density at radius 1 is 0.679 bits per heavy atom. The number of fused-ring (bicyclic) bond motifs is 2. The molecular formula is C26H29NSe. The van der Waals surface area contributed by atoms with E-state index in [4.69, 9.17) is 0 Å². The summed E-state index contributed by atoms with van der Waals surface area (Å²) in [5.74, 6) is 0. The number of hydrogen-bond donors (Lipinski definition) is 0. The van der Waals surface area contributed by atoms with Crippen LogP contribution in [0.1, 0.15) is 48.6 Å². The van der Waals surface area contributed by atoms with Crippen LogP contribution in [0.15, 0.2) is 48.5 Å². The van der Waals surface area contributed by atoms with E-state index in [2.05, 4.69) is 102 Å². The van der Waals surface area contributed by atoms with E-state index in [0.29, 0.717) is 15.0 Å². The van der Waals surface area contributed by atoms with Crippen LogP contribution in [0.5, 0.6) is 0 Å². The molecule has 0 bridgehead atoms. The molecule has 1 aliphatic rings. The van der Waals surface area contributed by atoms with Crippen molar-refractivity contribution in [1.82, 2.24) is 0 Å². The van der Waals surface area contributed by atoms with E-state index in [1.165, 1.54) is 53.8 Å². The van der Waals surface area contributed by atoms with Crippen LogP contribution in [0.4, 0.5) is 17.1 Å². The van der Waals surface area contributed by atoms with Crippen molar-refractivity contribution < 1.29 is 0 Å². The molecule has 3 aromatic carbocycles. The van der Waals surface area contributed by atoms with Gasteiger partial charge in [-0.3, -0.25) is 0 Å². The molecular weight excluding hydrogens is 405 g/mol. The SMILES string of the molecule is Cc1ccc2c(c1)[Se]c1cc(C)ccc1N2c1c(C)cc(C(C)(C)C)cc1C. The Labute approximate surface area is 175 Å². The van der Waals surface area contributed by atoms with Gasteiger partial charge in [0.2, 0.25) is 0 Å². The Morgan fingerprint density at radius 2 is 1.14 bits per heavy atom. The predicted octanol–water partition coefficient (Wildman–Crippen LogP) is 5.66. The van der Waals surface area contributed by atoms with Crippen LogP contribution in [0, 0.1) is 27.7 Å². The van der Waals surface area contributed by atoms with Gasteiger partial charge in [-0.25, -0.2) is 0 Å². The average Bonchev–Trinajstić information content (AvgIpc) is 2.59. The molecule has 0 fully saturated rings. The van der Waals surface area contributed by atoms with Crippen molar-refractivity contribution in [2.45, 2.75) is 53.9 Å². The molecule has 0 atom stereocenters. The molecule has 0 aromatic heterocycles. The van der Waals surface area contributed by atoms with Gasteiger partial charge in [0.1, 0.15) is 0 Å². The van der Waals surface area contributed by atoms with E-state index in [9.17, 15) is 0 Å². The summed E-state index contributed by atoms with van der Waals surface area (Å²) in [5, 5.41) is 0. The first kappa shape index (κ1) is 19.3. The first-order chi connectivity index (χ1) is 13.1. The van der Waals surface area contributed by atoms with Gasteiger partial charge in [0, 0.05) is 0 Å². The molecule has 3 aromatic rings. The van der Waals surface area contributed by atoms with Crippen molar-refractivity contribution in [3.8, 4) is 0 Å². The number of nitrogens with zero attached hydrogens (tertiary/aromatic N) is 1. The van der Waals surface area contributed by atoms with Crippen LogP contribution >= 0.6 is 0 Å². The summed E-state index contributed by atoms with van der Waals surface area (Å²) in [6, 6.07) is 18.6. The Balaban J connectivity index is 1.98. The Hall–Kier alpha value is -2.02. The average molecular weight is 434 g/mol. The number of rotatable bonds is 1. The quantitative estimate of drug-likeness (QED) is 0.350. The Morgan fingerprint density at radius 3 is 1.57 bits per heavy atom. The molecule has 1 heterocycles. The standard InChI is InChI=1S/C26H29NSe/c1-16-8-10-21-23(12-16)28-24-13-17(2)9-11-22(24)27(21)25-18(3)14-20(15-19(25)4)26(5,6)7/h8-15H,1-7H3. The van der Waals surface area contributed by atoms with Gasteiger partial charge in [-0.05, 0) is 0 Å². The number of anilines is 3. The van der Waals surface area contributed by atoms with E-state index in [0.717, 1.165) is 0 Å². The first-order valence-corrected chi connectivity index (χ1v) is 11.7. The molecule has 1 aliphatic heterocycles. The Bertz CT molecular complexity index is 998. The van der Waals surface area contributed by atoms with Crippen molar-refractivity contribution in [3.63, 3.8) is 0 Å². The predicted molar refractivity (Wildman–Crippen MR) is 124 cm³/mol. The molecule has 0 radical (unpaired) electrons. The molecule has 144 valence electrons. The van der Waals surface area contributed by atoms with Gasteiger partial charge >= 0.3 is 176 Å². The molecule has 0 aliphatic carbocycles. The van der Waals surface area contributed by atoms with Gasteiger partial charge in [-0.2, -0.15) is 0 Å². The third-order valence-corrected chi connectivity index (χ3v) is 7.81. The second kappa shape index (κ2) is 6.79. The Kier molecular flexibility index (Phi) is 4.68. The summed E-state index contributed by atoms with van der Waals surface area (Å²) in [6.07, 6.45) is 0. The van der Waals surface area contributed by atoms with Crippen LogP contribution in [-0.4, -0.2) is 15.0 Å². The van der Waals surface area contributed by atoms with Crippen molar-refractivity contribution in [2.75, 3.05) is 4.90 Å². The third kappa shape index (κ3) is 3.30. The molecule has 0 saturated carbocycles. The van der Waals surface area contributed by atoms with Crippen molar-refractivity contribution in [3.05, 3.63) is 76.3 Å². The molecule has 0 unspecified atom stereocenters. The third-order valence-electron chi connectivity index (χ3n) is 5.51. The minimum atomic E-state index is 0.156. The summed E-state index contributed by atoms with van der Waals surface area (Å²) in [5.41, 5.74) is 11.0. The van der Waals surface area contributed by atoms with Crippen LogP contribution < -0.4 is 13.8 Å². The van der Waals surface area contributed by atoms with Crippen LogP contribution in [0.3, 0.4) is 0 Å². The second-order valence-electron chi connectivity index (χ2n) is 9.09. The zero-order valence-electron chi connectivity index (χ0n) is 18.0. The molecule has 28 heavy (non-hydrogen) atoms. The number of aryl methyl sites for hydroxylation is 4. The second-order valence-corrected chi connectivity index (χ2v) is 11.4. The fraction of sp³-hybridized carbons (Fsp3) is 0.308. The summed E-state index contributed by atoms with van der Waals surface area (Å²) < 4.78 is 2.95. The van der Waals surface area contributed by atoms with E-state index < -0.39 is 0 Å². The normalized spacial score (nSPS) is 13.3. The maximum atomic E-state index is 2.51. The number of hydrogen-bond acceptors (Lipinski definition) is 1. The van der Waals surface area contributed by atoms with Gasteiger partial charge in [0.15, 0.2) is 0 Å². The molecule has 0 N–H and O–H groups in total. The molecule has 1 nitrogen and oxygen atoms in total. The summed E-state index contributed by atoms with van der Waals surface area (Å²) in [4.78, 5) is 2.51. The van der Waals surface area contributed by atoms with E-state index in [1.54, 1.807) is 0 Å². The zero-order valence-corrected chi connectivity index (χ0v) is 19.7. The first-order valence-electron chi connectivity index (χ1n) is 9.96. The van der Waals surface area contributed by atoms with Crippen molar-refractivity contribution >= 4 is 40.9 Å². The summed E-state index contributed by atoms with van der Waals surface area (Å²) in [7, 11) is 0. The van der Waals surface area contributed by atoms with Gasteiger partial charge in [0.25, 0.3) is 0 Å². The van der Waals surface area contributed by atoms with Gasteiger partial charge in [-0.15, -0.1) is 0 Å². The molecule has 0 amide bonds. The molecule has 4 rings (SSSR count). The molecule has 0 spiro atoms.